The first kappa shape index (κ1) is 16.0. The van der Waals surface area contributed by atoms with Crippen LogP contribution in [0.15, 0.2) is 24.3 Å². The average molecular weight is 331 g/mol. The van der Waals surface area contributed by atoms with Gasteiger partial charge in [0.15, 0.2) is 5.82 Å². The first-order valence-corrected chi connectivity index (χ1v) is 9.09. The average Bonchev–Trinajstić information content (AvgIpc) is 3.20. The highest BCUT2D eigenvalue weighted by Gasteiger charge is 2.21. The van der Waals surface area contributed by atoms with Gasteiger partial charge < -0.3 is 5.32 Å². The summed E-state index contributed by atoms with van der Waals surface area (Å²) in [4.78, 5) is 12.0. The third-order valence-electron chi connectivity index (χ3n) is 4.03. The molecule has 23 heavy (non-hydrogen) atoms. The topological polar surface area (TPSA) is 72.7 Å². The molecule has 1 aromatic heterocycles. The van der Waals surface area contributed by atoms with Crippen LogP contribution in [0.5, 0.6) is 0 Å². The lowest BCUT2D eigenvalue weighted by Crippen LogP contribution is -2.15. The maximum Gasteiger partial charge on any atom is 0.234 e. The fourth-order valence-corrected chi connectivity index (χ4v) is 3.54. The van der Waals surface area contributed by atoms with Gasteiger partial charge in [0, 0.05) is 5.69 Å². The molecule has 0 bridgehead atoms. The van der Waals surface area contributed by atoms with Gasteiger partial charge in [0.2, 0.25) is 5.91 Å². The van der Waals surface area contributed by atoms with E-state index in [1.165, 1.54) is 30.2 Å². The molecule has 0 saturated heterocycles. The zero-order chi connectivity index (χ0) is 16.1. The number of nitrogens with one attached hydrogen (secondary N) is 1. The van der Waals surface area contributed by atoms with Gasteiger partial charge >= 0.3 is 0 Å². The normalized spacial score (nSPS) is 15.0. The lowest BCUT2D eigenvalue weighted by atomic mass is 10.2. The van der Waals surface area contributed by atoms with Crippen molar-refractivity contribution in [1.29, 1.82) is 0 Å². The molecule has 1 saturated carbocycles. The number of carbonyl (C=O) groups excluding carboxylic acids is 1. The summed E-state index contributed by atoms with van der Waals surface area (Å²) in [5.74, 6) is 1.92. The minimum atomic E-state index is -0.00116. The number of aryl methyl sites for hydroxylation is 1. The van der Waals surface area contributed by atoms with Crippen molar-refractivity contribution in [2.45, 2.75) is 44.4 Å². The number of benzene rings is 1. The molecule has 2 aromatic rings. The monoisotopic (exact) mass is 331 g/mol. The quantitative estimate of drug-likeness (QED) is 0.881. The Morgan fingerprint density at radius 1 is 1.30 bits per heavy atom. The van der Waals surface area contributed by atoms with Crippen LogP contribution in [0.1, 0.15) is 43.1 Å². The standard InChI is InChI=1S/C16H21N5OS/c1-12-6-8-13(9-7-12)17-16(22)11-23-10-15-18-19-20-21(15)14-4-2-3-5-14/h6-9,14H,2-5,10-11H2,1H3,(H,17,22). The van der Waals surface area contributed by atoms with E-state index in [0.29, 0.717) is 17.5 Å². The summed E-state index contributed by atoms with van der Waals surface area (Å²) in [5.41, 5.74) is 2.01. The summed E-state index contributed by atoms with van der Waals surface area (Å²) in [6.45, 7) is 2.02. The van der Waals surface area contributed by atoms with E-state index in [2.05, 4.69) is 20.8 Å². The van der Waals surface area contributed by atoms with Crippen LogP contribution in [0.3, 0.4) is 0 Å². The lowest BCUT2D eigenvalue weighted by molar-refractivity contribution is -0.113. The van der Waals surface area contributed by atoms with Gasteiger partial charge in [-0.2, -0.15) is 0 Å². The lowest BCUT2D eigenvalue weighted by Gasteiger charge is -2.11. The maximum absolute atomic E-state index is 12.0. The van der Waals surface area contributed by atoms with Crippen LogP contribution in [-0.4, -0.2) is 31.9 Å². The number of hydrogen-bond donors (Lipinski definition) is 1. The molecule has 1 aliphatic carbocycles. The fourth-order valence-electron chi connectivity index (χ4n) is 2.81. The minimum Gasteiger partial charge on any atom is -0.325 e. The Kier molecular flexibility index (Phi) is 5.27. The molecule has 1 fully saturated rings. The highest BCUT2D eigenvalue weighted by molar-refractivity contribution is 7.99. The molecule has 1 aliphatic rings. The molecule has 1 aromatic carbocycles. The second kappa shape index (κ2) is 7.59. The number of carbonyl (C=O) groups is 1. The number of amides is 1. The van der Waals surface area contributed by atoms with E-state index >= 15 is 0 Å². The molecule has 0 radical (unpaired) electrons. The van der Waals surface area contributed by atoms with Gasteiger partial charge in [0.25, 0.3) is 0 Å². The highest BCUT2D eigenvalue weighted by atomic mass is 32.2. The van der Waals surface area contributed by atoms with Crippen LogP contribution >= 0.6 is 11.8 Å². The summed E-state index contributed by atoms with van der Waals surface area (Å²) < 4.78 is 1.94. The Morgan fingerprint density at radius 2 is 2.04 bits per heavy atom. The van der Waals surface area contributed by atoms with E-state index in [-0.39, 0.29) is 5.91 Å². The molecule has 0 aliphatic heterocycles. The number of thioether (sulfide) groups is 1. The van der Waals surface area contributed by atoms with Gasteiger partial charge in [-0.1, -0.05) is 30.5 Å². The minimum absolute atomic E-state index is 0.00116. The third kappa shape index (κ3) is 4.31. The highest BCUT2D eigenvalue weighted by Crippen LogP contribution is 2.29. The van der Waals surface area contributed by atoms with Crippen LogP contribution < -0.4 is 5.32 Å². The number of nitrogens with zero attached hydrogens (tertiary/aromatic N) is 4. The van der Waals surface area contributed by atoms with E-state index < -0.39 is 0 Å². The largest absolute Gasteiger partial charge is 0.325 e. The fraction of sp³-hybridized carbons (Fsp3) is 0.500. The number of tetrazole rings is 1. The van der Waals surface area contributed by atoms with Crippen LogP contribution in [0.2, 0.25) is 0 Å². The van der Waals surface area contributed by atoms with Crippen molar-refractivity contribution < 1.29 is 4.79 Å². The molecule has 3 rings (SSSR count). The number of aromatic nitrogens is 4. The maximum atomic E-state index is 12.0. The summed E-state index contributed by atoms with van der Waals surface area (Å²) >= 11 is 1.54. The molecule has 1 heterocycles. The van der Waals surface area contributed by atoms with Gasteiger partial charge in [0.1, 0.15) is 0 Å². The second-order valence-corrected chi connectivity index (χ2v) is 6.87. The van der Waals surface area contributed by atoms with Gasteiger partial charge in [-0.15, -0.1) is 16.9 Å². The molecule has 0 atom stereocenters. The van der Waals surface area contributed by atoms with E-state index in [1.807, 2.05) is 35.9 Å². The smallest absolute Gasteiger partial charge is 0.234 e. The molecule has 0 unspecified atom stereocenters. The molecular formula is C16H21N5OS. The predicted octanol–water partition coefficient (Wildman–Crippen LogP) is 2.97. The van der Waals surface area contributed by atoms with Crippen molar-refractivity contribution in [3.63, 3.8) is 0 Å². The van der Waals surface area contributed by atoms with Crippen molar-refractivity contribution >= 4 is 23.4 Å². The molecular weight excluding hydrogens is 310 g/mol. The number of rotatable bonds is 6. The van der Waals surface area contributed by atoms with Crippen LogP contribution in [-0.2, 0) is 10.5 Å². The van der Waals surface area contributed by atoms with Crippen molar-refractivity contribution in [2.24, 2.45) is 0 Å². The van der Waals surface area contributed by atoms with Gasteiger partial charge in [-0.05, 0) is 42.3 Å². The van der Waals surface area contributed by atoms with Crippen LogP contribution in [0.25, 0.3) is 0 Å². The van der Waals surface area contributed by atoms with Gasteiger partial charge in [-0.25, -0.2) is 4.68 Å². The van der Waals surface area contributed by atoms with E-state index in [4.69, 9.17) is 0 Å². The first-order chi connectivity index (χ1) is 11.2. The van der Waals surface area contributed by atoms with Gasteiger partial charge in [0.05, 0.1) is 17.5 Å². The van der Waals surface area contributed by atoms with Crippen molar-refractivity contribution in [3.8, 4) is 0 Å². The summed E-state index contributed by atoms with van der Waals surface area (Å²) in [7, 11) is 0. The first-order valence-electron chi connectivity index (χ1n) is 7.93. The van der Waals surface area contributed by atoms with Crippen molar-refractivity contribution in [3.05, 3.63) is 35.7 Å². The Morgan fingerprint density at radius 3 is 2.78 bits per heavy atom. The molecule has 1 N–H and O–H groups in total. The van der Waals surface area contributed by atoms with Gasteiger partial charge in [-0.3, -0.25) is 4.79 Å². The van der Waals surface area contributed by atoms with E-state index in [0.717, 1.165) is 24.4 Å². The molecule has 1 amide bonds. The van der Waals surface area contributed by atoms with Crippen molar-refractivity contribution in [2.75, 3.05) is 11.1 Å². The third-order valence-corrected chi connectivity index (χ3v) is 4.96. The summed E-state index contributed by atoms with van der Waals surface area (Å²) in [6, 6.07) is 8.23. The van der Waals surface area contributed by atoms with Crippen LogP contribution in [0, 0.1) is 6.92 Å². The summed E-state index contributed by atoms with van der Waals surface area (Å²) in [5, 5.41) is 14.9. The Balaban J connectivity index is 1.47. The molecule has 0 spiro atoms. The Labute approximate surface area is 140 Å². The van der Waals surface area contributed by atoms with Crippen LogP contribution in [0.4, 0.5) is 5.69 Å². The molecule has 6 nitrogen and oxygen atoms in total. The Bertz CT molecular complexity index is 649. The van der Waals surface area contributed by atoms with E-state index in [9.17, 15) is 4.79 Å². The number of hydrogen-bond acceptors (Lipinski definition) is 5. The Hall–Kier alpha value is -1.89. The summed E-state index contributed by atoms with van der Waals surface area (Å²) in [6.07, 6.45) is 4.79. The van der Waals surface area contributed by atoms with E-state index in [1.54, 1.807) is 0 Å². The zero-order valence-corrected chi connectivity index (χ0v) is 14.1. The predicted molar refractivity (Wildman–Crippen MR) is 91.3 cm³/mol. The molecule has 7 heteroatoms. The SMILES string of the molecule is Cc1ccc(NC(=O)CSCc2nnnn2C2CCCC2)cc1. The van der Waals surface area contributed by atoms with Crippen molar-refractivity contribution in [1.82, 2.24) is 20.2 Å². The second-order valence-electron chi connectivity index (χ2n) is 5.88. The number of anilines is 1. The molecule has 122 valence electrons. The zero-order valence-electron chi connectivity index (χ0n) is 13.2.